The number of hydrogen-bond donors (Lipinski definition) is 2. The molecule has 3 N–H and O–H groups in total. The Bertz CT molecular complexity index is 1140. The summed E-state index contributed by atoms with van der Waals surface area (Å²) in [5.41, 5.74) is 6.94. The zero-order chi connectivity index (χ0) is 24.1. The summed E-state index contributed by atoms with van der Waals surface area (Å²) in [4.78, 5) is 26.4. The Hall–Kier alpha value is -3.24. The molecule has 3 aromatic rings. The van der Waals surface area contributed by atoms with E-state index in [9.17, 15) is 14.0 Å². The zero-order valence-corrected chi connectivity index (χ0v) is 19.7. The molecule has 1 atom stereocenters. The van der Waals surface area contributed by atoms with Crippen LogP contribution in [0.1, 0.15) is 42.4 Å². The molecule has 8 nitrogen and oxygen atoms in total. The van der Waals surface area contributed by atoms with Gasteiger partial charge in [-0.05, 0) is 81.4 Å². The van der Waals surface area contributed by atoms with E-state index in [-0.39, 0.29) is 11.7 Å². The molecule has 34 heavy (non-hydrogen) atoms. The maximum Gasteiger partial charge on any atom is 0.248 e. The number of carbonyl (C=O) groups excluding carboxylic acids is 2. The van der Waals surface area contributed by atoms with Crippen molar-refractivity contribution in [1.82, 2.24) is 19.7 Å². The molecule has 1 aliphatic rings. The highest BCUT2D eigenvalue weighted by molar-refractivity contribution is 8.00. The second-order valence-corrected chi connectivity index (χ2v) is 9.55. The monoisotopic (exact) mass is 482 g/mol. The van der Waals surface area contributed by atoms with E-state index in [0.717, 1.165) is 37.4 Å². The van der Waals surface area contributed by atoms with Gasteiger partial charge in [0, 0.05) is 16.9 Å². The molecule has 1 unspecified atom stereocenters. The number of anilines is 1. The van der Waals surface area contributed by atoms with Gasteiger partial charge in [0.05, 0.1) is 11.8 Å². The fraction of sp³-hybridized carbons (Fsp3) is 0.333. The summed E-state index contributed by atoms with van der Waals surface area (Å²) in [7, 11) is 0. The molecule has 0 aliphatic carbocycles. The fourth-order valence-corrected chi connectivity index (χ4v) is 4.71. The molecule has 4 rings (SSSR count). The highest BCUT2D eigenvalue weighted by Crippen LogP contribution is 2.27. The van der Waals surface area contributed by atoms with Gasteiger partial charge in [-0.25, -0.2) is 4.39 Å². The van der Waals surface area contributed by atoms with Crippen molar-refractivity contribution in [2.24, 2.45) is 5.73 Å². The number of aromatic nitrogens is 3. The van der Waals surface area contributed by atoms with Crippen molar-refractivity contribution in [2.45, 2.75) is 43.1 Å². The van der Waals surface area contributed by atoms with Crippen LogP contribution in [0.3, 0.4) is 0 Å². The number of nitrogens with one attached hydrogen (secondary N) is 1. The first-order valence-electron chi connectivity index (χ1n) is 11.2. The van der Waals surface area contributed by atoms with E-state index in [0.29, 0.717) is 23.0 Å². The first-order chi connectivity index (χ1) is 16.4. The van der Waals surface area contributed by atoms with E-state index in [1.165, 1.54) is 30.3 Å². The Kier molecular flexibility index (Phi) is 7.59. The number of piperidine rings is 1. The first-order valence-corrected chi connectivity index (χ1v) is 12.1. The van der Waals surface area contributed by atoms with Gasteiger partial charge in [-0.3, -0.25) is 19.1 Å². The van der Waals surface area contributed by atoms with Crippen LogP contribution in [-0.4, -0.2) is 49.8 Å². The summed E-state index contributed by atoms with van der Waals surface area (Å²) in [6.07, 6.45) is 3.55. The number of thioether (sulfide) groups is 1. The van der Waals surface area contributed by atoms with Gasteiger partial charge in [-0.1, -0.05) is 18.2 Å². The molecule has 1 aliphatic heterocycles. The minimum Gasteiger partial charge on any atom is -0.366 e. The molecule has 0 radical (unpaired) electrons. The number of hydrogen-bond acceptors (Lipinski definition) is 6. The van der Waals surface area contributed by atoms with Crippen LogP contribution in [0.25, 0.3) is 5.69 Å². The van der Waals surface area contributed by atoms with Gasteiger partial charge in [0.1, 0.15) is 5.82 Å². The number of halogens is 1. The van der Waals surface area contributed by atoms with Crippen molar-refractivity contribution in [3.8, 4) is 5.69 Å². The Morgan fingerprint density at radius 3 is 2.38 bits per heavy atom. The summed E-state index contributed by atoms with van der Waals surface area (Å²) in [5, 5.41) is 11.7. The Balaban J connectivity index is 1.52. The highest BCUT2D eigenvalue weighted by atomic mass is 32.2. The lowest BCUT2D eigenvalue weighted by Crippen LogP contribution is -2.30. The lowest BCUT2D eigenvalue weighted by molar-refractivity contribution is -0.115. The largest absolute Gasteiger partial charge is 0.366 e. The molecule has 1 saturated heterocycles. The molecule has 2 amide bonds. The van der Waals surface area contributed by atoms with Crippen LogP contribution < -0.4 is 11.1 Å². The quantitative estimate of drug-likeness (QED) is 0.475. The highest BCUT2D eigenvalue weighted by Gasteiger charge is 2.23. The molecule has 0 bridgehead atoms. The molecule has 2 aromatic carbocycles. The minimum atomic E-state index is -0.526. The maximum atomic E-state index is 13.6. The molecular weight excluding hydrogens is 455 g/mol. The number of likely N-dealkylation sites (tertiary alicyclic amines) is 1. The van der Waals surface area contributed by atoms with Crippen LogP contribution in [0.4, 0.5) is 10.1 Å². The van der Waals surface area contributed by atoms with Crippen LogP contribution in [-0.2, 0) is 11.3 Å². The second kappa shape index (κ2) is 10.8. The van der Waals surface area contributed by atoms with Crippen molar-refractivity contribution in [2.75, 3.05) is 18.4 Å². The van der Waals surface area contributed by atoms with E-state index >= 15 is 0 Å². The Morgan fingerprint density at radius 2 is 1.74 bits per heavy atom. The van der Waals surface area contributed by atoms with Gasteiger partial charge >= 0.3 is 0 Å². The predicted molar refractivity (Wildman–Crippen MR) is 129 cm³/mol. The van der Waals surface area contributed by atoms with Gasteiger partial charge < -0.3 is 11.1 Å². The molecule has 2 heterocycles. The smallest absolute Gasteiger partial charge is 0.248 e. The molecule has 0 spiro atoms. The van der Waals surface area contributed by atoms with Crippen molar-refractivity contribution >= 4 is 29.3 Å². The summed E-state index contributed by atoms with van der Waals surface area (Å²) >= 11 is 1.28. The second-order valence-electron chi connectivity index (χ2n) is 8.24. The summed E-state index contributed by atoms with van der Waals surface area (Å²) in [5.74, 6) is -0.310. The SMILES string of the molecule is CC(Sc1nnc(CN2CCCCC2)n1-c1ccc(F)cc1)C(=O)Nc1ccc(C(N)=O)cc1. The molecule has 1 fully saturated rings. The third-order valence-electron chi connectivity index (χ3n) is 5.69. The number of carbonyl (C=O) groups is 2. The van der Waals surface area contributed by atoms with E-state index in [1.54, 1.807) is 43.3 Å². The standard InChI is InChI=1S/C24H27FN6O2S/c1-16(23(33)27-19-9-5-17(6-10-19)22(26)32)34-24-29-28-21(15-30-13-3-2-4-14-30)31(24)20-11-7-18(25)8-12-20/h5-12,16H,2-4,13-15H2,1H3,(H2,26,32)(H,27,33). The van der Waals surface area contributed by atoms with Crippen LogP contribution in [0, 0.1) is 5.82 Å². The maximum absolute atomic E-state index is 13.6. The summed E-state index contributed by atoms with van der Waals surface area (Å²) < 4.78 is 15.5. The van der Waals surface area contributed by atoms with Crippen LogP contribution in [0.15, 0.2) is 53.7 Å². The third kappa shape index (κ3) is 5.81. The van der Waals surface area contributed by atoms with Crippen LogP contribution in [0.2, 0.25) is 0 Å². The van der Waals surface area contributed by atoms with Gasteiger partial charge in [-0.2, -0.15) is 0 Å². The lowest BCUT2D eigenvalue weighted by Gasteiger charge is -2.26. The topological polar surface area (TPSA) is 106 Å². The first kappa shape index (κ1) is 23.9. The van der Waals surface area contributed by atoms with Crippen molar-refractivity contribution in [3.63, 3.8) is 0 Å². The molecule has 1 aromatic heterocycles. The van der Waals surface area contributed by atoms with Gasteiger partial charge in [0.25, 0.3) is 0 Å². The van der Waals surface area contributed by atoms with Gasteiger partial charge in [0.2, 0.25) is 11.8 Å². The van der Waals surface area contributed by atoms with E-state index in [4.69, 9.17) is 5.73 Å². The molecule has 0 saturated carbocycles. The Labute approximate surface area is 201 Å². The lowest BCUT2D eigenvalue weighted by atomic mass is 10.1. The van der Waals surface area contributed by atoms with Gasteiger partial charge in [0.15, 0.2) is 11.0 Å². The summed E-state index contributed by atoms with van der Waals surface area (Å²) in [6.45, 7) is 4.43. The van der Waals surface area contributed by atoms with Crippen molar-refractivity contribution in [1.29, 1.82) is 0 Å². The van der Waals surface area contributed by atoms with Gasteiger partial charge in [-0.15, -0.1) is 10.2 Å². The fourth-order valence-electron chi connectivity index (χ4n) is 3.82. The van der Waals surface area contributed by atoms with E-state index < -0.39 is 11.2 Å². The molecule has 10 heteroatoms. The number of primary amides is 1. The third-order valence-corrected chi connectivity index (χ3v) is 6.73. The average Bonchev–Trinajstić information content (AvgIpc) is 3.22. The van der Waals surface area contributed by atoms with Crippen molar-refractivity contribution in [3.05, 3.63) is 65.7 Å². The number of rotatable bonds is 8. The molecular formula is C24H27FN6O2S. The van der Waals surface area contributed by atoms with E-state index in [1.807, 2.05) is 4.57 Å². The number of amides is 2. The average molecular weight is 483 g/mol. The van der Waals surface area contributed by atoms with E-state index in [2.05, 4.69) is 20.4 Å². The normalized spacial score (nSPS) is 15.1. The number of benzene rings is 2. The van der Waals surface area contributed by atoms with Crippen LogP contribution in [0.5, 0.6) is 0 Å². The zero-order valence-electron chi connectivity index (χ0n) is 18.9. The molecule has 178 valence electrons. The van der Waals surface area contributed by atoms with Crippen LogP contribution >= 0.6 is 11.8 Å². The Morgan fingerprint density at radius 1 is 1.06 bits per heavy atom. The van der Waals surface area contributed by atoms with Crippen molar-refractivity contribution < 1.29 is 14.0 Å². The predicted octanol–water partition coefficient (Wildman–Crippen LogP) is 3.61. The summed E-state index contributed by atoms with van der Waals surface area (Å²) in [6, 6.07) is 12.6. The number of nitrogens with zero attached hydrogens (tertiary/aromatic N) is 4. The number of nitrogens with two attached hydrogens (primary N) is 1. The minimum absolute atomic E-state index is 0.219.